The van der Waals surface area contributed by atoms with Crippen molar-refractivity contribution in [2.45, 2.75) is 44.4 Å². The Morgan fingerprint density at radius 2 is 2.19 bits per heavy atom. The van der Waals surface area contributed by atoms with Crippen molar-refractivity contribution >= 4 is 16.9 Å². The van der Waals surface area contributed by atoms with E-state index in [-0.39, 0.29) is 5.92 Å². The molecule has 3 aliphatic heterocycles. The first-order valence-electron chi connectivity index (χ1n) is 9.76. The summed E-state index contributed by atoms with van der Waals surface area (Å²) in [7, 11) is 1.37. The molecule has 4 heterocycles. The van der Waals surface area contributed by atoms with Crippen LogP contribution in [0.5, 0.6) is 0 Å². The molecule has 0 radical (unpaired) electrons. The number of carbonyl (C=O) groups excluding carboxylic acids is 1. The zero-order valence-electron chi connectivity index (χ0n) is 15.4. The van der Waals surface area contributed by atoms with Crippen LogP contribution in [0.1, 0.15) is 43.5 Å². The van der Waals surface area contributed by atoms with Crippen LogP contribution in [-0.2, 0) is 21.7 Å². The van der Waals surface area contributed by atoms with Gasteiger partial charge in [0.1, 0.15) is 0 Å². The predicted octanol–water partition coefficient (Wildman–Crippen LogP) is 2.81. The van der Waals surface area contributed by atoms with Crippen molar-refractivity contribution in [3.63, 3.8) is 0 Å². The normalized spacial score (nSPS) is 33.1. The van der Waals surface area contributed by atoms with Crippen molar-refractivity contribution in [2.75, 3.05) is 20.2 Å². The number of methoxy groups -OCH3 is 1. The number of nitrogens with zero attached hydrogens (tertiary/aromatic N) is 2. The summed E-state index contributed by atoms with van der Waals surface area (Å²) in [5, 5.41) is 12.8. The Kier molecular flexibility index (Phi) is 3.50. The van der Waals surface area contributed by atoms with Crippen molar-refractivity contribution in [3.05, 3.63) is 35.5 Å². The average Bonchev–Trinajstić information content (AvgIpc) is 3.02. The van der Waals surface area contributed by atoms with Crippen molar-refractivity contribution in [2.24, 2.45) is 11.8 Å². The maximum Gasteiger partial charge on any atom is 0.359 e. The molecule has 0 saturated carbocycles. The van der Waals surface area contributed by atoms with E-state index in [1.807, 2.05) is 22.8 Å². The molecule has 138 valence electrons. The fourth-order valence-corrected chi connectivity index (χ4v) is 5.84. The molecule has 0 unspecified atom stereocenters. The van der Waals surface area contributed by atoms with Gasteiger partial charge in [0.2, 0.25) is 5.72 Å². The topological polar surface area (TPSA) is 54.7 Å². The minimum absolute atomic E-state index is 0.286. The van der Waals surface area contributed by atoms with Crippen LogP contribution in [0.4, 0.5) is 0 Å². The zero-order valence-corrected chi connectivity index (χ0v) is 15.4. The van der Waals surface area contributed by atoms with Gasteiger partial charge in [0, 0.05) is 30.6 Å². The number of benzene rings is 1. The summed E-state index contributed by atoms with van der Waals surface area (Å²) >= 11 is 0. The lowest BCUT2D eigenvalue weighted by atomic mass is 9.72. The lowest BCUT2D eigenvalue weighted by Gasteiger charge is -2.53. The monoisotopic (exact) mass is 354 g/mol. The number of aliphatic hydroxyl groups is 1. The second-order valence-electron chi connectivity index (χ2n) is 8.19. The van der Waals surface area contributed by atoms with Crippen LogP contribution in [0.3, 0.4) is 0 Å². The first-order valence-corrected chi connectivity index (χ1v) is 9.76. The maximum absolute atomic E-state index is 12.7. The van der Waals surface area contributed by atoms with E-state index in [9.17, 15) is 9.90 Å². The van der Waals surface area contributed by atoms with Gasteiger partial charge in [-0.25, -0.2) is 4.79 Å². The molecule has 1 saturated heterocycles. The zero-order chi connectivity index (χ0) is 18.1. The minimum Gasteiger partial charge on any atom is -0.465 e. The van der Waals surface area contributed by atoms with Gasteiger partial charge in [-0.2, -0.15) is 0 Å². The molecule has 0 spiro atoms. The van der Waals surface area contributed by atoms with Crippen LogP contribution in [0.2, 0.25) is 0 Å². The van der Waals surface area contributed by atoms with E-state index in [1.54, 1.807) is 0 Å². The molecule has 5 rings (SSSR count). The van der Waals surface area contributed by atoms with Crippen molar-refractivity contribution in [1.29, 1.82) is 0 Å². The number of hydrogen-bond acceptors (Lipinski definition) is 4. The van der Waals surface area contributed by atoms with Crippen LogP contribution < -0.4 is 0 Å². The fourth-order valence-electron chi connectivity index (χ4n) is 5.84. The summed E-state index contributed by atoms with van der Waals surface area (Å²) in [5.41, 5.74) is 1.80. The van der Waals surface area contributed by atoms with Gasteiger partial charge < -0.3 is 14.4 Å². The van der Waals surface area contributed by atoms with Gasteiger partial charge in [0.15, 0.2) is 0 Å². The van der Waals surface area contributed by atoms with Crippen molar-refractivity contribution in [1.82, 2.24) is 9.47 Å². The summed E-state index contributed by atoms with van der Waals surface area (Å²) < 4.78 is 6.97. The molecule has 3 aliphatic rings. The Balaban J connectivity index is 1.79. The average molecular weight is 354 g/mol. The minimum atomic E-state index is -1.61. The highest BCUT2D eigenvalue weighted by Gasteiger charge is 2.55. The molecule has 5 nitrogen and oxygen atoms in total. The number of carbonyl (C=O) groups is 1. The van der Waals surface area contributed by atoms with Gasteiger partial charge in [-0.15, -0.1) is 0 Å². The van der Waals surface area contributed by atoms with E-state index in [4.69, 9.17) is 4.74 Å². The van der Waals surface area contributed by atoms with Crippen molar-refractivity contribution in [3.8, 4) is 0 Å². The highest BCUT2D eigenvalue weighted by Crippen LogP contribution is 2.53. The molecular formula is C21H26N2O3. The third-order valence-corrected chi connectivity index (χ3v) is 6.92. The lowest BCUT2D eigenvalue weighted by molar-refractivity contribution is -0.185. The van der Waals surface area contributed by atoms with Crippen LogP contribution in [0.15, 0.2) is 24.3 Å². The lowest BCUT2D eigenvalue weighted by Crippen LogP contribution is -2.56. The smallest absolute Gasteiger partial charge is 0.359 e. The number of esters is 1. The molecule has 0 aliphatic carbocycles. The van der Waals surface area contributed by atoms with E-state index in [1.165, 1.54) is 18.1 Å². The van der Waals surface area contributed by atoms with Crippen LogP contribution >= 0.6 is 0 Å². The molecule has 1 fully saturated rings. The standard InChI is InChI=1S/C21H26N2O3/c1-3-13-10-14-11-21(25,20(24)26-2)23-17-7-5-4-6-15(17)16-8-9-22(12-13)18(14)19(16)23/h4-7,13-14,18,25H,3,8-12H2,1-2H3/t13-,14+,18+,21+/m0/s1. The molecule has 5 heteroatoms. The van der Waals surface area contributed by atoms with Crippen LogP contribution in [-0.4, -0.2) is 40.7 Å². The Morgan fingerprint density at radius 1 is 1.38 bits per heavy atom. The van der Waals surface area contributed by atoms with E-state index in [2.05, 4.69) is 17.9 Å². The second kappa shape index (κ2) is 5.57. The highest BCUT2D eigenvalue weighted by atomic mass is 16.5. The van der Waals surface area contributed by atoms with Crippen molar-refractivity contribution < 1.29 is 14.6 Å². The highest BCUT2D eigenvalue weighted by molar-refractivity contribution is 5.89. The summed E-state index contributed by atoms with van der Waals surface area (Å²) in [6, 6.07) is 8.46. The molecular weight excluding hydrogens is 328 g/mol. The van der Waals surface area contributed by atoms with Crippen LogP contribution in [0.25, 0.3) is 10.9 Å². The van der Waals surface area contributed by atoms with Gasteiger partial charge >= 0.3 is 5.97 Å². The van der Waals surface area contributed by atoms with E-state index >= 15 is 0 Å². The number of fused-ring (bicyclic) bond motifs is 3. The van der Waals surface area contributed by atoms with E-state index in [0.29, 0.717) is 18.4 Å². The molecule has 4 atom stereocenters. The molecule has 1 aromatic carbocycles. The van der Waals surface area contributed by atoms with E-state index < -0.39 is 11.7 Å². The van der Waals surface area contributed by atoms with Gasteiger partial charge in [-0.1, -0.05) is 31.5 Å². The molecule has 26 heavy (non-hydrogen) atoms. The number of rotatable bonds is 2. The van der Waals surface area contributed by atoms with Gasteiger partial charge in [-0.05, 0) is 36.3 Å². The number of piperidine rings is 1. The molecule has 2 aromatic rings. The predicted molar refractivity (Wildman–Crippen MR) is 98.7 cm³/mol. The SMILES string of the molecule is CC[C@H]1C[C@@H]2C[C@@](O)(C(=O)OC)n3c4c(c5ccccc53)CCN(C1)[C@@H]42. The Morgan fingerprint density at radius 3 is 2.96 bits per heavy atom. The van der Waals surface area contributed by atoms with E-state index in [0.717, 1.165) is 43.6 Å². The van der Waals surface area contributed by atoms with Gasteiger partial charge in [-0.3, -0.25) is 4.90 Å². The quantitative estimate of drug-likeness (QED) is 0.843. The number of hydrogen-bond donors (Lipinski definition) is 1. The Labute approximate surface area is 153 Å². The van der Waals surface area contributed by atoms with Gasteiger partial charge in [0.25, 0.3) is 0 Å². The van der Waals surface area contributed by atoms with Gasteiger partial charge in [0.05, 0.1) is 18.7 Å². The largest absolute Gasteiger partial charge is 0.465 e. The summed E-state index contributed by atoms with van der Waals surface area (Å²) in [4.78, 5) is 15.3. The number of ether oxygens (including phenoxy) is 1. The Hall–Kier alpha value is -1.85. The molecule has 1 N–H and O–H groups in total. The second-order valence-corrected chi connectivity index (χ2v) is 8.19. The Bertz CT molecular complexity index is 889. The molecule has 1 aromatic heterocycles. The first-order chi connectivity index (χ1) is 12.6. The third-order valence-electron chi connectivity index (χ3n) is 6.92. The molecule has 0 amide bonds. The summed E-state index contributed by atoms with van der Waals surface area (Å²) in [5.74, 6) is 0.375. The first kappa shape index (κ1) is 16.3. The number of para-hydroxylation sites is 1. The van der Waals surface area contributed by atoms with Crippen LogP contribution in [0, 0.1) is 11.8 Å². The summed E-state index contributed by atoms with van der Waals surface area (Å²) in [6.07, 6.45) is 3.62. The summed E-state index contributed by atoms with van der Waals surface area (Å²) in [6.45, 7) is 4.43. The fraction of sp³-hybridized carbons (Fsp3) is 0.571. The maximum atomic E-state index is 12.7. The third kappa shape index (κ3) is 1.96. The number of aromatic nitrogens is 1. The molecule has 0 bridgehead atoms.